The van der Waals surface area contributed by atoms with Gasteiger partial charge in [0.05, 0.1) is 23.8 Å². The van der Waals surface area contributed by atoms with Gasteiger partial charge >= 0.3 is 12.1 Å². The maximum Gasteiger partial charge on any atom is 0.543 e. The molecule has 0 heterocycles. The van der Waals surface area contributed by atoms with E-state index in [4.69, 9.17) is 9.47 Å². The number of hydrogen-bond donors (Lipinski definition) is 0. The summed E-state index contributed by atoms with van der Waals surface area (Å²) in [5, 5.41) is 4.11. The van der Waals surface area contributed by atoms with Crippen LogP contribution in [0.2, 0.25) is 0 Å². The number of benzene rings is 1. The maximum atomic E-state index is 11.7. The molecule has 0 N–H and O–H groups in total. The summed E-state index contributed by atoms with van der Waals surface area (Å²) in [6.07, 6.45) is 1.72. The summed E-state index contributed by atoms with van der Waals surface area (Å²) in [4.78, 5) is 31.3. The summed E-state index contributed by atoms with van der Waals surface area (Å²) in [7, 11) is 0. The molecule has 140 valence electrons. The Labute approximate surface area is 146 Å². The molecule has 0 saturated carbocycles. The average Bonchev–Trinajstić information content (AvgIpc) is 2.63. The first-order chi connectivity index (χ1) is 12.2. The molecule has 0 saturated heterocycles. The van der Waals surface area contributed by atoms with E-state index in [0.717, 1.165) is 19.3 Å². The van der Waals surface area contributed by atoms with Crippen molar-refractivity contribution in [2.45, 2.75) is 33.1 Å². The summed E-state index contributed by atoms with van der Waals surface area (Å²) in [6, 6.07) is 6.26. The molecule has 0 bridgehead atoms. The molecule has 8 nitrogen and oxygen atoms in total. The molecule has 0 radical (unpaired) electrons. The molecule has 0 aliphatic rings. The van der Waals surface area contributed by atoms with E-state index in [1.54, 1.807) is 12.1 Å². The number of rotatable bonds is 12. The lowest BCUT2D eigenvalue weighted by molar-refractivity contribution is -0.452. The van der Waals surface area contributed by atoms with Crippen LogP contribution in [0.25, 0.3) is 0 Å². The zero-order valence-corrected chi connectivity index (χ0v) is 14.5. The Balaban J connectivity index is 2.15. The summed E-state index contributed by atoms with van der Waals surface area (Å²) < 4.78 is 15.2. The molecule has 25 heavy (non-hydrogen) atoms. The minimum atomic E-state index is -1.13. The molecule has 8 heteroatoms. The van der Waals surface area contributed by atoms with Gasteiger partial charge in [-0.05, 0) is 37.1 Å². The fourth-order valence-corrected chi connectivity index (χ4v) is 1.59. The second kappa shape index (κ2) is 13.0. The van der Waals surface area contributed by atoms with Gasteiger partial charge in [0.1, 0.15) is 12.4 Å². The van der Waals surface area contributed by atoms with Crippen molar-refractivity contribution in [1.29, 1.82) is 0 Å². The molecule has 0 aliphatic heterocycles. The van der Waals surface area contributed by atoms with Crippen molar-refractivity contribution < 1.29 is 38.6 Å². The Morgan fingerprint density at radius 3 is 2.32 bits per heavy atom. The fraction of sp³-hybridized carbons (Fsp3) is 0.529. The van der Waals surface area contributed by atoms with Gasteiger partial charge < -0.3 is 14.2 Å². The van der Waals surface area contributed by atoms with Crippen LogP contribution in [-0.2, 0) is 24.3 Å². The normalized spacial score (nSPS) is 10.2. The maximum absolute atomic E-state index is 11.7. The van der Waals surface area contributed by atoms with Crippen LogP contribution in [0.5, 0.6) is 5.75 Å². The molecule has 0 spiro atoms. The lowest BCUT2D eigenvalue weighted by atomic mass is 10.2. The first-order valence-corrected chi connectivity index (χ1v) is 8.20. The summed E-state index contributed by atoms with van der Waals surface area (Å²) in [5.41, 5.74) is 0.213. The number of carbonyl (C=O) groups is 2. The molecule has 0 aromatic heterocycles. The van der Waals surface area contributed by atoms with E-state index in [1.165, 1.54) is 12.1 Å². The van der Waals surface area contributed by atoms with Gasteiger partial charge in [0, 0.05) is 6.61 Å². The van der Waals surface area contributed by atoms with E-state index < -0.39 is 12.1 Å². The minimum absolute atomic E-state index is 0.0130. The lowest BCUT2D eigenvalue weighted by Crippen LogP contribution is -2.14. The van der Waals surface area contributed by atoms with Crippen LogP contribution in [-0.4, -0.2) is 38.6 Å². The zero-order chi connectivity index (χ0) is 18.3. The predicted molar refractivity (Wildman–Crippen MR) is 86.9 cm³/mol. The summed E-state index contributed by atoms with van der Waals surface area (Å²) >= 11 is 0. The van der Waals surface area contributed by atoms with Crippen LogP contribution in [0, 0.1) is 0 Å². The summed E-state index contributed by atoms with van der Waals surface area (Å²) in [5.74, 6) is -0.182. The van der Waals surface area contributed by atoms with Gasteiger partial charge in [-0.1, -0.05) is 20.3 Å². The quantitative estimate of drug-likeness (QED) is 0.243. The Morgan fingerprint density at radius 2 is 1.64 bits per heavy atom. The topological polar surface area (TPSA) is 89.5 Å². The molecule has 0 amide bonds. The van der Waals surface area contributed by atoms with Crippen LogP contribution < -0.4 is 4.74 Å². The molecule has 0 fully saturated rings. The van der Waals surface area contributed by atoms with Gasteiger partial charge in [-0.2, -0.15) is 0 Å². The van der Waals surface area contributed by atoms with Gasteiger partial charge in [0.15, 0.2) is 0 Å². The van der Waals surface area contributed by atoms with Gasteiger partial charge in [-0.15, -0.1) is 0 Å². The van der Waals surface area contributed by atoms with Gasteiger partial charge in [-0.3, -0.25) is 4.89 Å². The van der Waals surface area contributed by atoms with E-state index in [1.807, 2.05) is 13.8 Å². The molecule has 1 aromatic carbocycles. The largest absolute Gasteiger partial charge is 0.543 e. The van der Waals surface area contributed by atoms with Crippen molar-refractivity contribution in [3.8, 4) is 5.75 Å². The molecule has 0 unspecified atom stereocenters. The second-order valence-corrected chi connectivity index (χ2v) is 4.96. The van der Waals surface area contributed by atoms with Gasteiger partial charge in [-0.25, -0.2) is 14.5 Å². The standard InChI is InChI=1S/C17H24O8/c1-3-5-11-20-12-13-22-17(19)24-25-23-16(18)14-6-8-15(9-7-14)21-10-4-2/h6-9H,3-5,10-13H2,1-2H3. The average molecular weight is 356 g/mol. The van der Waals surface area contributed by atoms with Gasteiger partial charge in [0.2, 0.25) is 0 Å². The smallest absolute Gasteiger partial charge is 0.494 e. The Morgan fingerprint density at radius 1 is 0.880 bits per heavy atom. The van der Waals surface area contributed by atoms with Crippen LogP contribution >= 0.6 is 0 Å². The van der Waals surface area contributed by atoms with Crippen molar-refractivity contribution >= 4 is 12.1 Å². The number of hydrogen-bond acceptors (Lipinski definition) is 8. The van der Waals surface area contributed by atoms with E-state index in [9.17, 15) is 9.59 Å². The molecule has 0 atom stereocenters. The fourth-order valence-electron chi connectivity index (χ4n) is 1.59. The third-order valence-electron chi connectivity index (χ3n) is 2.86. The monoisotopic (exact) mass is 356 g/mol. The highest BCUT2D eigenvalue weighted by Crippen LogP contribution is 2.13. The van der Waals surface area contributed by atoms with Crippen molar-refractivity contribution in [2.24, 2.45) is 0 Å². The van der Waals surface area contributed by atoms with Crippen molar-refractivity contribution in [3.63, 3.8) is 0 Å². The second-order valence-electron chi connectivity index (χ2n) is 4.96. The molecule has 0 aliphatic carbocycles. The van der Waals surface area contributed by atoms with Crippen LogP contribution in [0.4, 0.5) is 4.79 Å². The Hall–Kier alpha value is -2.32. The first-order valence-electron chi connectivity index (χ1n) is 8.20. The third kappa shape index (κ3) is 9.53. The van der Waals surface area contributed by atoms with E-state index in [0.29, 0.717) is 19.0 Å². The number of unbranched alkanes of at least 4 members (excludes halogenated alkanes) is 1. The zero-order valence-electron chi connectivity index (χ0n) is 14.5. The van der Waals surface area contributed by atoms with Crippen LogP contribution in [0.15, 0.2) is 24.3 Å². The highest BCUT2D eigenvalue weighted by molar-refractivity contribution is 5.89. The predicted octanol–water partition coefficient (Wildman–Crippen LogP) is 3.45. The minimum Gasteiger partial charge on any atom is -0.494 e. The van der Waals surface area contributed by atoms with E-state index in [-0.39, 0.29) is 18.8 Å². The van der Waals surface area contributed by atoms with E-state index >= 15 is 0 Å². The number of ether oxygens (including phenoxy) is 3. The lowest BCUT2D eigenvalue weighted by Gasteiger charge is -2.06. The van der Waals surface area contributed by atoms with Crippen LogP contribution in [0.1, 0.15) is 43.5 Å². The highest BCUT2D eigenvalue weighted by atomic mass is 17.5. The first kappa shape index (κ1) is 20.7. The van der Waals surface area contributed by atoms with Crippen molar-refractivity contribution in [3.05, 3.63) is 29.8 Å². The number of carbonyl (C=O) groups excluding carboxylic acids is 2. The third-order valence-corrected chi connectivity index (χ3v) is 2.86. The summed E-state index contributed by atoms with van der Waals surface area (Å²) in [6.45, 7) is 5.50. The molecule has 1 aromatic rings. The SMILES string of the molecule is CCCCOCCOC(=O)OOOC(=O)c1ccc(OCCC)cc1. The molecular formula is C17H24O8. The van der Waals surface area contributed by atoms with E-state index in [2.05, 4.69) is 19.6 Å². The van der Waals surface area contributed by atoms with Crippen molar-refractivity contribution in [1.82, 2.24) is 0 Å². The molecule has 1 rings (SSSR count). The van der Waals surface area contributed by atoms with Crippen LogP contribution in [0.3, 0.4) is 0 Å². The van der Waals surface area contributed by atoms with Gasteiger partial charge in [0.25, 0.3) is 0 Å². The van der Waals surface area contributed by atoms with Crippen molar-refractivity contribution in [2.75, 3.05) is 26.4 Å². The molecular weight excluding hydrogens is 332 g/mol. The Bertz CT molecular complexity index is 500. The Kier molecular flexibility index (Phi) is 10.8. The highest BCUT2D eigenvalue weighted by Gasteiger charge is 2.12.